The summed E-state index contributed by atoms with van der Waals surface area (Å²) in [5.74, 6) is 0.274. The highest BCUT2D eigenvalue weighted by Crippen LogP contribution is 2.45. The lowest BCUT2D eigenvalue weighted by Gasteiger charge is -2.29. The zero-order chi connectivity index (χ0) is 20.0. The molecular formula is C21H20N4O4. The summed E-state index contributed by atoms with van der Waals surface area (Å²) in [7, 11) is 0. The number of benzene rings is 1. The van der Waals surface area contributed by atoms with Crippen molar-refractivity contribution in [2.45, 2.75) is 13.0 Å². The molecule has 2 saturated heterocycles. The van der Waals surface area contributed by atoms with Gasteiger partial charge in [-0.25, -0.2) is 4.98 Å². The van der Waals surface area contributed by atoms with E-state index in [-0.39, 0.29) is 35.5 Å². The van der Waals surface area contributed by atoms with Crippen molar-refractivity contribution in [3.8, 4) is 0 Å². The van der Waals surface area contributed by atoms with Gasteiger partial charge in [0.05, 0.1) is 11.7 Å². The number of carbonyl (C=O) groups is 2. The molecule has 0 bridgehead atoms. The minimum atomic E-state index is -0.164. The van der Waals surface area contributed by atoms with Crippen molar-refractivity contribution < 1.29 is 18.5 Å². The molecule has 8 nitrogen and oxygen atoms in total. The molecule has 0 aliphatic carbocycles. The van der Waals surface area contributed by atoms with Crippen LogP contribution in [0.5, 0.6) is 0 Å². The van der Waals surface area contributed by atoms with Gasteiger partial charge in [0.25, 0.3) is 11.8 Å². The van der Waals surface area contributed by atoms with Crippen LogP contribution in [0.15, 0.2) is 58.0 Å². The van der Waals surface area contributed by atoms with Gasteiger partial charge in [-0.05, 0) is 12.5 Å². The molecule has 0 saturated carbocycles. The second kappa shape index (κ2) is 6.88. The van der Waals surface area contributed by atoms with Gasteiger partial charge >= 0.3 is 0 Å². The molecule has 2 aromatic heterocycles. The van der Waals surface area contributed by atoms with E-state index in [1.165, 1.54) is 12.7 Å². The highest BCUT2D eigenvalue weighted by atomic mass is 16.5. The third kappa shape index (κ3) is 3.00. The van der Waals surface area contributed by atoms with Crippen molar-refractivity contribution in [2.75, 3.05) is 19.6 Å². The van der Waals surface area contributed by atoms with Crippen molar-refractivity contribution in [3.63, 3.8) is 0 Å². The van der Waals surface area contributed by atoms with E-state index in [0.717, 1.165) is 5.56 Å². The van der Waals surface area contributed by atoms with Crippen molar-refractivity contribution in [2.24, 2.45) is 11.8 Å². The average Bonchev–Trinajstić information content (AvgIpc) is 3.51. The maximum Gasteiger partial charge on any atom is 0.293 e. The fraction of sp³-hybridized carbons (Fsp3) is 0.333. The second-order valence-electron chi connectivity index (χ2n) is 7.65. The molecule has 0 N–H and O–H groups in total. The Morgan fingerprint density at radius 2 is 1.93 bits per heavy atom. The van der Waals surface area contributed by atoms with Crippen LogP contribution in [0.25, 0.3) is 0 Å². The summed E-state index contributed by atoms with van der Waals surface area (Å²) >= 11 is 0. The minimum Gasteiger partial charge on any atom is -0.451 e. The molecular weight excluding hydrogens is 372 g/mol. The summed E-state index contributed by atoms with van der Waals surface area (Å²) in [6.07, 6.45) is 2.63. The van der Waals surface area contributed by atoms with E-state index in [4.69, 9.17) is 8.94 Å². The maximum atomic E-state index is 13.2. The van der Waals surface area contributed by atoms with E-state index >= 15 is 0 Å². The summed E-state index contributed by atoms with van der Waals surface area (Å²) < 4.78 is 10.2. The van der Waals surface area contributed by atoms with E-state index in [1.807, 2.05) is 40.1 Å². The third-order valence-corrected chi connectivity index (χ3v) is 5.84. The Balaban J connectivity index is 1.44. The van der Waals surface area contributed by atoms with E-state index in [9.17, 15) is 9.59 Å². The molecule has 3 aromatic rings. The topological polar surface area (TPSA) is 92.7 Å². The number of hydrogen-bond donors (Lipinski definition) is 0. The minimum absolute atomic E-state index is 0.130. The van der Waals surface area contributed by atoms with Crippen LogP contribution in [0.4, 0.5) is 0 Å². The van der Waals surface area contributed by atoms with Gasteiger partial charge in [0.2, 0.25) is 5.76 Å². The molecule has 0 unspecified atom stereocenters. The van der Waals surface area contributed by atoms with E-state index in [2.05, 4.69) is 10.1 Å². The Morgan fingerprint density at radius 1 is 1.10 bits per heavy atom. The van der Waals surface area contributed by atoms with Crippen LogP contribution in [0, 0.1) is 18.8 Å². The van der Waals surface area contributed by atoms with Crippen LogP contribution in [0.2, 0.25) is 0 Å². The van der Waals surface area contributed by atoms with Crippen LogP contribution < -0.4 is 0 Å². The van der Waals surface area contributed by atoms with Gasteiger partial charge < -0.3 is 18.7 Å². The van der Waals surface area contributed by atoms with Crippen LogP contribution in [-0.2, 0) is 0 Å². The predicted octanol–water partition coefficient (Wildman–Crippen LogP) is 2.56. The van der Waals surface area contributed by atoms with Gasteiger partial charge in [0.15, 0.2) is 12.1 Å². The monoisotopic (exact) mass is 392 g/mol. The quantitative estimate of drug-likeness (QED) is 0.680. The van der Waals surface area contributed by atoms with Crippen molar-refractivity contribution in [1.29, 1.82) is 0 Å². The SMILES string of the molecule is Cc1cc(C(=O)N2C[C@@H]3CN(C(=O)c4cocn4)C[C@@H]3[C@H]2c2ccccc2)on1. The lowest BCUT2D eigenvalue weighted by atomic mass is 9.89. The Bertz CT molecular complexity index is 1030. The third-order valence-electron chi connectivity index (χ3n) is 5.84. The number of aryl methyl sites for hydroxylation is 1. The summed E-state index contributed by atoms with van der Waals surface area (Å²) in [4.78, 5) is 33.5. The largest absolute Gasteiger partial charge is 0.451 e. The Hall–Kier alpha value is -3.42. The lowest BCUT2D eigenvalue weighted by Crippen LogP contribution is -2.37. The van der Waals surface area contributed by atoms with Gasteiger partial charge in [0.1, 0.15) is 6.26 Å². The maximum absolute atomic E-state index is 13.2. The molecule has 3 atom stereocenters. The molecule has 2 fully saturated rings. The highest BCUT2D eigenvalue weighted by molar-refractivity contribution is 5.93. The van der Waals surface area contributed by atoms with Crippen molar-refractivity contribution in [3.05, 3.63) is 71.8 Å². The van der Waals surface area contributed by atoms with Gasteiger partial charge in [-0.15, -0.1) is 0 Å². The number of aromatic nitrogens is 2. The molecule has 29 heavy (non-hydrogen) atoms. The van der Waals surface area contributed by atoms with E-state index in [1.54, 1.807) is 13.0 Å². The lowest BCUT2D eigenvalue weighted by molar-refractivity contribution is 0.0641. The van der Waals surface area contributed by atoms with Crippen molar-refractivity contribution in [1.82, 2.24) is 19.9 Å². The van der Waals surface area contributed by atoms with Gasteiger partial charge in [-0.1, -0.05) is 35.5 Å². The number of likely N-dealkylation sites (tertiary alicyclic amines) is 2. The molecule has 8 heteroatoms. The van der Waals surface area contributed by atoms with Gasteiger partial charge in [-0.3, -0.25) is 9.59 Å². The zero-order valence-electron chi connectivity index (χ0n) is 15.9. The number of carbonyl (C=O) groups excluding carboxylic acids is 2. The second-order valence-corrected chi connectivity index (χ2v) is 7.65. The number of fused-ring (bicyclic) bond motifs is 1. The first-order valence-corrected chi connectivity index (χ1v) is 9.58. The van der Waals surface area contributed by atoms with Crippen LogP contribution in [0.1, 0.15) is 38.3 Å². The first-order valence-electron chi connectivity index (χ1n) is 9.58. The molecule has 148 valence electrons. The normalized spacial score (nSPS) is 23.4. The molecule has 0 radical (unpaired) electrons. The van der Waals surface area contributed by atoms with Crippen LogP contribution in [0.3, 0.4) is 0 Å². The van der Waals surface area contributed by atoms with E-state index in [0.29, 0.717) is 31.0 Å². The first kappa shape index (κ1) is 17.7. The molecule has 0 spiro atoms. The van der Waals surface area contributed by atoms with Crippen LogP contribution >= 0.6 is 0 Å². The Kier molecular flexibility index (Phi) is 4.19. The molecule has 2 amide bonds. The van der Waals surface area contributed by atoms with Gasteiger partial charge in [-0.2, -0.15) is 0 Å². The molecule has 2 aliphatic heterocycles. The first-order chi connectivity index (χ1) is 14.1. The average molecular weight is 392 g/mol. The summed E-state index contributed by atoms with van der Waals surface area (Å²) in [5.41, 5.74) is 2.04. The molecule has 4 heterocycles. The van der Waals surface area contributed by atoms with Gasteiger partial charge in [0, 0.05) is 37.5 Å². The summed E-state index contributed by atoms with van der Waals surface area (Å²) in [5, 5.41) is 3.85. The van der Waals surface area contributed by atoms with E-state index < -0.39 is 0 Å². The standard InChI is InChI=1S/C21H20N4O4/c1-13-7-18(29-23-13)21(27)25-9-15-8-24(20(26)17-11-28-12-22-17)10-16(15)19(25)14-5-3-2-4-6-14/h2-7,11-12,15-16,19H,8-10H2,1H3/t15-,16-,19+/m0/s1. The zero-order valence-corrected chi connectivity index (χ0v) is 15.9. The molecule has 2 aliphatic rings. The number of amides is 2. The van der Waals surface area contributed by atoms with Crippen molar-refractivity contribution >= 4 is 11.8 Å². The number of hydrogen-bond acceptors (Lipinski definition) is 6. The number of oxazole rings is 1. The summed E-state index contributed by atoms with van der Waals surface area (Å²) in [6.45, 7) is 3.50. The Morgan fingerprint density at radius 3 is 2.62 bits per heavy atom. The summed E-state index contributed by atoms with van der Waals surface area (Å²) in [6, 6.07) is 11.5. The number of nitrogens with zero attached hydrogens (tertiary/aromatic N) is 4. The smallest absolute Gasteiger partial charge is 0.293 e. The predicted molar refractivity (Wildman–Crippen MR) is 101 cm³/mol. The molecule has 5 rings (SSSR count). The van der Waals surface area contributed by atoms with Crippen LogP contribution in [-0.4, -0.2) is 51.4 Å². The Labute approximate surface area is 167 Å². The fourth-order valence-electron chi connectivity index (χ4n) is 4.58. The highest BCUT2D eigenvalue weighted by Gasteiger charge is 2.50. The number of rotatable bonds is 3. The fourth-order valence-corrected chi connectivity index (χ4v) is 4.58. The molecule has 1 aromatic carbocycles.